The molecule has 0 aliphatic carbocycles. The van der Waals surface area contributed by atoms with Gasteiger partial charge in [0.05, 0.1) is 17.6 Å². The number of amides is 1. The minimum atomic E-state index is -0.295. The molecule has 21 heavy (non-hydrogen) atoms. The summed E-state index contributed by atoms with van der Waals surface area (Å²) < 4.78 is 1.64. The third-order valence-corrected chi connectivity index (χ3v) is 2.82. The lowest BCUT2D eigenvalue weighted by atomic mass is 10.2. The number of carbonyl (C=O) groups excluding carboxylic acids is 1. The molecule has 1 aromatic carbocycles. The van der Waals surface area contributed by atoms with Gasteiger partial charge in [0.15, 0.2) is 0 Å². The van der Waals surface area contributed by atoms with Gasteiger partial charge in [-0.1, -0.05) is 0 Å². The van der Waals surface area contributed by atoms with Crippen LogP contribution in [-0.2, 0) is 0 Å². The summed E-state index contributed by atoms with van der Waals surface area (Å²) in [5, 5.41) is 6.80. The minimum Gasteiger partial charge on any atom is -0.321 e. The topological polar surface area (TPSA) is 85.6 Å². The molecule has 0 unspecified atom stereocenters. The van der Waals surface area contributed by atoms with Gasteiger partial charge in [0.1, 0.15) is 18.3 Å². The van der Waals surface area contributed by atoms with E-state index in [4.69, 9.17) is 0 Å². The standard InChI is InChI=1S/C14H12N6O/c1-10-6-17-13(7-16-10)14(21)19-11-2-4-12(5-3-11)20-9-15-8-18-20/h2-9H,1H3,(H,19,21). The van der Waals surface area contributed by atoms with E-state index in [9.17, 15) is 4.79 Å². The maximum absolute atomic E-state index is 12.0. The largest absolute Gasteiger partial charge is 0.321 e. The van der Waals surface area contributed by atoms with E-state index in [0.717, 1.165) is 11.4 Å². The molecular weight excluding hydrogens is 268 g/mol. The summed E-state index contributed by atoms with van der Waals surface area (Å²) in [7, 11) is 0. The fourth-order valence-electron chi connectivity index (χ4n) is 1.74. The highest BCUT2D eigenvalue weighted by Crippen LogP contribution is 2.13. The highest BCUT2D eigenvalue weighted by molar-refractivity contribution is 6.02. The lowest BCUT2D eigenvalue weighted by Crippen LogP contribution is -2.14. The number of aromatic nitrogens is 5. The first-order chi connectivity index (χ1) is 10.2. The van der Waals surface area contributed by atoms with Crippen LogP contribution in [0.4, 0.5) is 5.69 Å². The molecule has 0 radical (unpaired) electrons. The van der Waals surface area contributed by atoms with E-state index < -0.39 is 0 Å². The molecule has 0 saturated carbocycles. The molecule has 0 atom stereocenters. The molecule has 0 saturated heterocycles. The van der Waals surface area contributed by atoms with E-state index in [1.165, 1.54) is 12.5 Å². The van der Waals surface area contributed by atoms with Gasteiger partial charge in [-0.2, -0.15) is 5.10 Å². The third kappa shape index (κ3) is 2.92. The van der Waals surface area contributed by atoms with Crippen LogP contribution in [0, 0.1) is 6.92 Å². The third-order valence-electron chi connectivity index (χ3n) is 2.82. The van der Waals surface area contributed by atoms with Crippen molar-refractivity contribution in [3.63, 3.8) is 0 Å². The summed E-state index contributed by atoms with van der Waals surface area (Å²) in [5.74, 6) is -0.295. The van der Waals surface area contributed by atoms with Crippen molar-refractivity contribution in [1.29, 1.82) is 0 Å². The Morgan fingerprint density at radius 2 is 1.95 bits per heavy atom. The second-order valence-corrected chi connectivity index (χ2v) is 4.38. The highest BCUT2D eigenvalue weighted by atomic mass is 16.1. The molecule has 2 heterocycles. The van der Waals surface area contributed by atoms with Gasteiger partial charge >= 0.3 is 0 Å². The Morgan fingerprint density at radius 1 is 1.14 bits per heavy atom. The van der Waals surface area contributed by atoms with Crippen LogP contribution in [0.1, 0.15) is 16.2 Å². The second-order valence-electron chi connectivity index (χ2n) is 4.38. The van der Waals surface area contributed by atoms with Crippen LogP contribution in [0.3, 0.4) is 0 Å². The van der Waals surface area contributed by atoms with Gasteiger partial charge in [0.25, 0.3) is 5.91 Å². The van der Waals surface area contributed by atoms with Gasteiger partial charge in [0, 0.05) is 11.9 Å². The van der Waals surface area contributed by atoms with Crippen LogP contribution >= 0.6 is 0 Å². The maximum Gasteiger partial charge on any atom is 0.275 e. The molecule has 0 aliphatic heterocycles. The van der Waals surface area contributed by atoms with Crippen molar-refractivity contribution in [2.24, 2.45) is 0 Å². The zero-order valence-corrected chi connectivity index (χ0v) is 11.3. The van der Waals surface area contributed by atoms with E-state index in [2.05, 4.69) is 25.4 Å². The number of hydrogen-bond acceptors (Lipinski definition) is 5. The van der Waals surface area contributed by atoms with Crippen molar-refractivity contribution in [3.8, 4) is 5.69 Å². The molecule has 3 rings (SSSR count). The van der Waals surface area contributed by atoms with Gasteiger partial charge in [0.2, 0.25) is 0 Å². The zero-order chi connectivity index (χ0) is 14.7. The van der Waals surface area contributed by atoms with Gasteiger partial charge in [-0.15, -0.1) is 0 Å². The number of rotatable bonds is 3. The summed E-state index contributed by atoms with van der Waals surface area (Å²) >= 11 is 0. The average Bonchev–Trinajstić information content (AvgIpc) is 3.03. The minimum absolute atomic E-state index is 0.279. The summed E-state index contributed by atoms with van der Waals surface area (Å²) in [6.07, 6.45) is 6.08. The molecule has 0 bridgehead atoms. The van der Waals surface area contributed by atoms with E-state index in [0.29, 0.717) is 5.69 Å². The summed E-state index contributed by atoms with van der Waals surface area (Å²) in [4.78, 5) is 24.0. The predicted octanol–water partition coefficient (Wildman–Crippen LogP) is 1.62. The number of hydrogen-bond donors (Lipinski definition) is 1. The Labute approximate surface area is 120 Å². The Kier molecular flexibility index (Phi) is 3.38. The smallest absolute Gasteiger partial charge is 0.275 e. The Balaban J connectivity index is 1.73. The first kappa shape index (κ1) is 12.9. The first-order valence-corrected chi connectivity index (χ1v) is 6.27. The Bertz CT molecular complexity index is 734. The molecule has 1 N–H and O–H groups in total. The fraction of sp³-hybridized carbons (Fsp3) is 0.0714. The molecule has 104 valence electrons. The Morgan fingerprint density at radius 3 is 2.57 bits per heavy atom. The van der Waals surface area contributed by atoms with Crippen molar-refractivity contribution >= 4 is 11.6 Å². The predicted molar refractivity (Wildman–Crippen MR) is 76.1 cm³/mol. The van der Waals surface area contributed by atoms with Crippen LogP contribution in [0.2, 0.25) is 0 Å². The number of nitrogens with one attached hydrogen (secondary N) is 1. The molecular formula is C14H12N6O. The van der Waals surface area contributed by atoms with Gasteiger partial charge in [-0.3, -0.25) is 9.78 Å². The summed E-state index contributed by atoms with van der Waals surface area (Å²) in [6, 6.07) is 7.25. The molecule has 0 fully saturated rings. The molecule has 0 spiro atoms. The Hall–Kier alpha value is -3.09. The molecule has 1 amide bonds. The molecule has 7 nitrogen and oxygen atoms in total. The van der Waals surface area contributed by atoms with Crippen LogP contribution in [0.15, 0.2) is 49.3 Å². The quantitative estimate of drug-likeness (QED) is 0.788. The van der Waals surface area contributed by atoms with E-state index in [1.54, 1.807) is 29.3 Å². The lowest BCUT2D eigenvalue weighted by Gasteiger charge is -2.06. The van der Waals surface area contributed by atoms with E-state index in [1.807, 2.05) is 19.1 Å². The van der Waals surface area contributed by atoms with Crippen LogP contribution in [0.5, 0.6) is 0 Å². The van der Waals surface area contributed by atoms with E-state index >= 15 is 0 Å². The first-order valence-electron chi connectivity index (χ1n) is 6.27. The molecule has 3 aromatic rings. The van der Waals surface area contributed by atoms with Crippen molar-refractivity contribution in [1.82, 2.24) is 24.7 Å². The number of aryl methyl sites for hydroxylation is 1. The summed E-state index contributed by atoms with van der Waals surface area (Å²) in [6.45, 7) is 1.82. The van der Waals surface area contributed by atoms with Crippen molar-refractivity contribution in [3.05, 3.63) is 60.7 Å². The van der Waals surface area contributed by atoms with Crippen LogP contribution in [-0.4, -0.2) is 30.6 Å². The SMILES string of the molecule is Cc1cnc(C(=O)Nc2ccc(-n3cncn3)cc2)cn1. The highest BCUT2D eigenvalue weighted by Gasteiger charge is 2.08. The average molecular weight is 280 g/mol. The maximum atomic E-state index is 12.0. The number of carbonyl (C=O) groups is 1. The molecule has 2 aromatic heterocycles. The second kappa shape index (κ2) is 5.49. The summed E-state index contributed by atoms with van der Waals surface area (Å²) in [5.41, 5.74) is 2.58. The van der Waals surface area contributed by atoms with Crippen molar-refractivity contribution in [2.75, 3.05) is 5.32 Å². The number of anilines is 1. The van der Waals surface area contributed by atoms with Crippen LogP contribution in [0.25, 0.3) is 5.69 Å². The number of nitrogens with zero attached hydrogens (tertiary/aromatic N) is 5. The normalized spacial score (nSPS) is 10.3. The van der Waals surface area contributed by atoms with Crippen molar-refractivity contribution < 1.29 is 4.79 Å². The van der Waals surface area contributed by atoms with Gasteiger partial charge in [-0.05, 0) is 31.2 Å². The van der Waals surface area contributed by atoms with Crippen LogP contribution < -0.4 is 5.32 Å². The van der Waals surface area contributed by atoms with Gasteiger partial charge < -0.3 is 5.32 Å². The zero-order valence-electron chi connectivity index (χ0n) is 11.3. The molecule has 7 heteroatoms. The van der Waals surface area contributed by atoms with Gasteiger partial charge in [-0.25, -0.2) is 14.6 Å². The lowest BCUT2D eigenvalue weighted by molar-refractivity contribution is 0.102. The fourth-order valence-corrected chi connectivity index (χ4v) is 1.74. The van der Waals surface area contributed by atoms with E-state index in [-0.39, 0.29) is 11.6 Å². The van der Waals surface area contributed by atoms with Crippen molar-refractivity contribution in [2.45, 2.75) is 6.92 Å². The monoisotopic (exact) mass is 280 g/mol. The molecule has 0 aliphatic rings. The number of benzene rings is 1.